The molecule has 5 aliphatic rings. The molecule has 136 valence electrons. The van der Waals surface area contributed by atoms with Gasteiger partial charge in [0.05, 0.1) is 12.8 Å². The summed E-state index contributed by atoms with van der Waals surface area (Å²) >= 11 is 0. The predicted octanol–water partition coefficient (Wildman–Crippen LogP) is 3.40. The number of oxime groups is 1. The molecule has 1 heterocycles. The third kappa shape index (κ3) is 2.55. The van der Waals surface area contributed by atoms with Crippen LogP contribution in [0.4, 0.5) is 0 Å². The summed E-state index contributed by atoms with van der Waals surface area (Å²) in [5, 5.41) is 4.24. The Hall–Kier alpha value is -2.50. The van der Waals surface area contributed by atoms with Crippen LogP contribution in [0.2, 0.25) is 0 Å². The molecule has 4 bridgehead atoms. The molecule has 1 aliphatic heterocycles. The zero-order valence-corrected chi connectivity index (χ0v) is 14.6. The summed E-state index contributed by atoms with van der Waals surface area (Å²) < 4.78 is 16.0. The fraction of sp³-hybridized carbons (Fsp3) is 0.500. The Balaban J connectivity index is 1.27. The monoisotopic (exact) mass is 355 g/mol. The van der Waals surface area contributed by atoms with Crippen molar-refractivity contribution >= 4 is 17.8 Å². The van der Waals surface area contributed by atoms with Gasteiger partial charge in [-0.05, 0) is 61.3 Å². The van der Waals surface area contributed by atoms with Crippen LogP contribution in [0.25, 0.3) is 6.08 Å². The van der Waals surface area contributed by atoms with Gasteiger partial charge in [0, 0.05) is 17.9 Å². The summed E-state index contributed by atoms with van der Waals surface area (Å²) in [7, 11) is 1.57. The average Bonchev–Trinajstić information content (AvgIpc) is 3.29. The molecule has 0 spiro atoms. The van der Waals surface area contributed by atoms with Crippen LogP contribution in [-0.2, 0) is 9.63 Å². The van der Waals surface area contributed by atoms with E-state index >= 15 is 0 Å². The molecule has 4 unspecified atom stereocenters. The maximum Gasteiger partial charge on any atom is 0.358 e. The molecule has 6 nitrogen and oxygen atoms in total. The Labute approximate surface area is 151 Å². The van der Waals surface area contributed by atoms with Crippen LogP contribution in [0.3, 0.4) is 0 Å². The van der Waals surface area contributed by atoms with Crippen molar-refractivity contribution in [1.29, 1.82) is 0 Å². The van der Waals surface area contributed by atoms with E-state index in [0.717, 1.165) is 23.1 Å². The average molecular weight is 355 g/mol. The molecule has 6 rings (SSSR count). The first kappa shape index (κ1) is 15.7. The van der Waals surface area contributed by atoms with Crippen molar-refractivity contribution in [2.24, 2.45) is 28.8 Å². The Morgan fingerprint density at radius 3 is 3.00 bits per heavy atom. The quantitative estimate of drug-likeness (QED) is 0.470. The van der Waals surface area contributed by atoms with Gasteiger partial charge >= 0.3 is 5.97 Å². The highest BCUT2D eigenvalue weighted by atomic mass is 16.7. The van der Waals surface area contributed by atoms with E-state index in [1.807, 2.05) is 0 Å². The van der Waals surface area contributed by atoms with Crippen LogP contribution in [0.5, 0.6) is 17.2 Å². The van der Waals surface area contributed by atoms with Crippen LogP contribution in [0.1, 0.15) is 31.2 Å². The molecule has 1 aromatic carbocycles. The molecule has 0 amide bonds. The molecule has 4 aliphatic carbocycles. The highest BCUT2D eigenvalue weighted by Gasteiger charge is 2.52. The number of benzene rings is 1. The number of fused-ring (bicyclic) bond motifs is 1. The lowest BCUT2D eigenvalue weighted by atomic mass is 9.81. The van der Waals surface area contributed by atoms with Crippen molar-refractivity contribution in [3.05, 3.63) is 23.8 Å². The summed E-state index contributed by atoms with van der Waals surface area (Å²) in [6.07, 6.45) is 8.05. The summed E-state index contributed by atoms with van der Waals surface area (Å²) in [6, 6.07) is 3.59. The zero-order chi connectivity index (χ0) is 17.7. The summed E-state index contributed by atoms with van der Waals surface area (Å²) in [4.78, 5) is 17.2. The smallest absolute Gasteiger partial charge is 0.358 e. The number of methoxy groups -OCH3 is 1. The second kappa shape index (κ2) is 6.04. The normalized spacial score (nSPS) is 32.0. The number of hydrogen-bond donors (Lipinski definition) is 0. The number of rotatable bonds is 4. The fourth-order valence-corrected chi connectivity index (χ4v) is 5.14. The Morgan fingerprint density at radius 2 is 2.15 bits per heavy atom. The van der Waals surface area contributed by atoms with Gasteiger partial charge in [0.15, 0.2) is 11.5 Å². The van der Waals surface area contributed by atoms with Gasteiger partial charge in [-0.25, -0.2) is 4.79 Å². The number of carbonyl (C=O) groups is 1. The van der Waals surface area contributed by atoms with Crippen LogP contribution in [-0.4, -0.2) is 25.6 Å². The molecule has 0 N–H and O–H groups in total. The van der Waals surface area contributed by atoms with Gasteiger partial charge in [0.2, 0.25) is 12.5 Å². The van der Waals surface area contributed by atoms with Crippen molar-refractivity contribution < 1.29 is 23.8 Å². The third-order valence-corrected chi connectivity index (χ3v) is 6.13. The van der Waals surface area contributed by atoms with E-state index in [0.29, 0.717) is 29.1 Å². The molecule has 4 saturated carbocycles. The summed E-state index contributed by atoms with van der Waals surface area (Å²) in [6.45, 7) is 0.169. The van der Waals surface area contributed by atoms with Crippen LogP contribution in [0, 0.1) is 23.7 Å². The summed E-state index contributed by atoms with van der Waals surface area (Å²) in [5.74, 6) is 4.03. The molecular weight excluding hydrogens is 334 g/mol. The molecular formula is C20H21NO5. The topological polar surface area (TPSA) is 66.4 Å². The van der Waals surface area contributed by atoms with E-state index in [1.54, 1.807) is 25.3 Å². The number of nitrogens with zero attached hydrogens (tertiary/aromatic N) is 1. The molecule has 26 heavy (non-hydrogen) atoms. The van der Waals surface area contributed by atoms with Crippen LogP contribution >= 0.6 is 0 Å². The second-order valence-corrected chi connectivity index (χ2v) is 7.59. The van der Waals surface area contributed by atoms with Crippen molar-refractivity contribution in [2.75, 3.05) is 13.9 Å². The Kier molecular flexibility index (Phi) is 3.65. The number of ether oxygens (including phenoxy) is 3. The van der Waals surface area contributed by atoms with Crippen LogP contribution < -0.4 is 14.2 Å². The predicted molar refractivity (Wildman–Crippen MR) is 94.1 cm³/mol. The van der Waals surface area contributed by atoms with Gasteiger partial charge in [-0.3, -0.25) is 0 Å². The van der Waals surface area contributed by atoms with E-state index in [2.05, 4.69) is 5.16 Å². The molecule has 4 fully saturated rings. The third-order valence-electron chi connectivity index (χ3n) is 6.13. The molecule has 4 atom stereocenters. The van der Waals surface area contributed by atoms with Gasteiger partial charge in [0.1, 0.15) is 0 Å². The van der Waals surface area contributed by atoms with Gasteiger partial charge in [-0.1, -0.05) is 5.16 Å². The van der Waals surface area contributed by atoms with Crippen LogP contribution in [0.15, 0.2) is 23.4 Å². The maximum atomic E-state index is 12.1. The van der Waals surface area contributed by atoms with Gasteiger partial charge in [-0.15, -0.1) is 0 Å². The minimum Gasteiger partial charge on any atom is -0.493 e. The van der Waals surface area contributed by atoms with Crippen molar-refractivity contribution in [2.45, 2.75) is 25.7 Å². The van der Waals surface area contributed by atoms with Gasteiger partial charge in [-0.2, -0.15) is 0 Å². The number of hydrogen-bond acceptors (Lipinski definition) is 6. The Bertz CT molecular complexity index is 811. The lowest BCUT2D eigenvalue weighted by Gasteiger charge is -2.25. The number of carbonyl (C=O) groups excluding carboxylic acids is 1. The van der Waals surface area contributed by atoms with Crippen molar-refractivity contribution in [3.8, 4) is 17.2 Å². The first-order chi connectivity index (χ1) is 12.7. The zero-order valence-electron chi connectivity index (χ0n) is 14.6. The van der Waals surface area contributed by atoms with E-state index in [1.165, 1.54) is 31.8 Å². The molecule has 0 aromatic heterocycles. The van der Waals surface area contributed by atoms with E-state index < -0.39 is 5.97 Å². The lowest BCUT2D eigenvalue weighted by molar-refractivity contribution is -0.137. The highest BCUT2D eigenvalue weighted by molar-refractivity contribution is 5.93. The standard InChI is InChI=1S/C20H21NO5/c1-23-16-7-11(8-17-20(16)25-10-24-17)2-3-18(22)26-21-19-14-5-12-4-13(9-14)15(19)6-12/h2-3,7-8,12-15H,4-6,9-10H2,1H3/b3-2+,21-19-. The second-order valence-electron chi connectivity index (χ2n) is 7.59. The molecule has 1 aromatic rings. The van der Waals surface area contributed by atoms with Gasteiger partial charge < -0.3 is 19.0 Å². The Morgan fingerprint density at radius 1 is 1.23 bits per heavy atom. The first-order valence-electron chi connectivity index (χ1n) is 9.15. The highest BCUT2D eigenvalue weighted by Crippen LogP contribution is 2.56. The molecule has 0 radical (unpaired) electrons. The molecule has 0 saturated heterocycles. The summed E-state index contributed by atoms with van der Waals surface area (Å²) in [5.41, 5.74) is 1.89. The van der Waals surface area contributed by atoms with E-state index in [9.17, 15) is 4.79 Å². The minimum absolute atomic E-state index is 0.169. The van der Waals surface area contributed by atoms with Crippen molar-refractivity contribution in [3.63, 3.8) is 0 Å². The SMILES string of the molecule is COc1cc(/C=C/C(=O)O/N=C2/C3CC4CC(C3)C2C4)cc2c1OCO2. The van der Waals surface area contributed by atoms with Gasteiger partial charge in [0.25, 0.3) is 0 Å². The van der Waals surface area contributed by atoms with E-state index in [4.69, 9.17) is 19.0 Å². The first-order valence-corrected chi connectivity index (χ1v) is 9.15. The van der Waals surface area contributed by atoms with E-state index in [-0.39, 0.29) is 6.79 Å². The minimum atomic E-state index is -0.466. The molecule has 6 heteroatoms. The largest absolute Gasteiger partial charge is 0.493 e. The van der Waals surface area contributed by atoms with Crippen molar-refractivity contribution in [1.82, 2.24) is 0 Å². The lowest BCUT2D eigenvalue weighted by Crippen LogP contribution is -2.23. The fourth-order valence-electron chi connectivity index (χ4n) is 5.14. The maximum absolute atomic E-state index is 12.1.